The van der Waals surface area contributed by atoms with Crippen molar-refractivity contribution in [3.63, 3.8) is 0 Å². The van der Waals surface area contributed by atoms with Crippen LogP contribution in [0.2, 0.25) is 0 Å². The smallest absolute Gasteiger partial charge is 0.341 e. The van der Waals surface area contributed by atoms with Crippen LogP contribution in [-0.2, 0) is 14.3 Å². The molecule has 0 atom stereocenters. The number of hydrogen-bond donors (Lipinski definition) is 2. The zero-order valence-corrected chi connectivity index (χ0v) is 20.4. The maximum Gasteiger partial charge on any atom is 0.341 e. The molecular weight excluding hydrogens is 456 g/mol. The van der Waals surface area contributed by atoms with Gasteiger partial charge in [-0.15, -0.1) is 23.1 Å². The molecule has 0 unspecified atom stereocenters. The van der Waals surface area contributed by atoms with Gasteiger partial charge in [0.15, 0.2) is 0 Å². The van der Waals surface area contributed by atoms with Crippen molar-refractivity contribution in [2.45, 2.75) is 20.8 Å². The average molecular weight is 483 g/mol. The molecule has 0 aliphatic carbocycles. The molecule has 2 amide bonds. The largest absolute Gasteiger partial charge is 0.462 e. The first-order valence-electron chi connectivity index (χ1n) is 10.5. The number of carbonyl (C=O) groups excluding carboxylic acids is 3. The summed E-state index contributed by atoms with van der Waals surface area (Å²) < 4.78 is 5.23. The Kier molecular flexibility index (Phi) is 8.68. The first-order chi connectivity index (χ1) is 15.9. The SMILES string of the molecule is CCOC(=O)c1c(-c2ccc(C)cc2)csc1NC(=O)CSCC(=O)Nc1ccc(C)cc1. The molecule has 0 saturated heterocycles. The quantitative estimate of drug-likeness (QED) is 0.392. The third-order valence-corrected chi connectivity index (χ3v) is 6.52. The van der Waals surface area contributed by atoms with Crippen molar-refractivity contribution >= 4 is 51.6 Å². The van der Waals surface area contributed by atoms with E-state index in [1.54, 1.807) is 6.92 Å². The summed E-state index contributed by atoms with van der Waals surface area (Å²) in [5, 5.41) is 7.90. The van der Waals surface area contributed by atoms with Gasteiger partial charge in [-0.3, -0.25) is 9.59 Å². The lowest BCUT2D eigenvalue weighted by Gasteiger charge is -2.09. The van der Waals surface area contributed by atoms with Gasteiger partial charge in [0.1, 0.15) is 10.6 Å². The van der Waals surface area contributed by atoms with Gasteiger partial charge >= 0.3 is 5.97 Å². The van der Waals surface area contributed by atoms with Gasteiger partial charge in [-0.1, -0.05) is 47.5 Å². The van der Waals surface area contributed by atoms with Gasteiger partial charge in [0, 0.05) is 16.6 Å². The minimum absolute atomic E-state index is 0.0847. The Morgan fingerprint density at radius 3 is 2.06 bits per heavy atom. The van der Waals surface area contributed by atoms with Gasteiger partial charge in [-0.2, -0.15) is 0 Å². The predicted octanol–water partition coefficient (Wildman–Crippen LogP) is 5.52. The van der Waals surface area contributed by atoms with Gasteiger partial charge in [-0.25, -0.2) is 4.79 Å². The highest BCUT2D eigenvalue weighted by Crippen LogP contribution is 2.36. The summed E-state index contributed by atoms with van der Waals surface area (Å²) in [5.74, 6) is -0.714. The number of hydrogen-bond acceptors (Lipinski definition) is 6. The van der Waals surface area contributed by atoms with E-state index in [1.807, 2.05) is 67.8 Å². The number of thiophene rings is 1. The number of ether oxygens (including phenoxy) is 1. The Bertz CT molecular complexity index is 1120. The van der Waals surface area contributed by atoms with Crippen molar-refractivity contribution in [3.05, 3.63) is 70.6 Å². The predicted molar refractivity (Wildman–Crippen MR) is 136 cm³/mol. The zero-order chi connectivity index (χ0) is 23.8. The molecule has 0 spiro atoms. The lowest BCUT2D eigenvalue weighted by atomic mass is 10.0. The molecule has 3 aromatic rings. The van der Waals surface area contributed by atoms with Crippen molar-refractivity contribution < 1.29 is 19.1 Å². The maximum atomic E-state index is 12.6. The van der Waals surface area contributed by atoms with E-state index < -0.39 is 5.97 Å². The van der Waals surface area contributed by atoms with Crippen LogP contribution in [0.25, 0.3) is 11.1 Å². The third kappa shape index (κ3) is 6.94. The van der Waals surface area contributed by atoms with Crippen LogP contribution in [0.1, 0.15) is 28.4 Å². The number of rotatable bonds is 9. The Hall–Kier alpha value is -3.10. The summed E-state index contributed by atoms with van der Waals surface area (Å²) in [7, 11) is 0. The van der Waals surface area contributed by atoms with Crippen LogP contribution in [0.3, 0.4) is 0 Å². The lowest BCUT2D eigenvalue weighted by molar-refractivity contribution is -0.114. The normalized spacial score (nSPS) is 10.5. The van der Waals surface area contributed by atoms with Gasteiger partial charge in [0.05, 0.1) is 18.1 Å². The monoisotopic (exact) mass is 482 g/mol. The van der Waals surface area contributed by atoms with Crippen molar-refractivity contribution in [2.75, 3.05) is 28.7 Å². The maximum absolute atomic E-state index is 12.6. The second-order valence-electron chi connectivity index (χ2n) is 7.40. The molecule has 3 rings (SSSR count). The second-order valence-corrected chi connectivity index (χ2v) is 9.26. The second kappa shape index (κ2) is 11.7. The molecule has 0 bridgehead atoms. The van der Waals surface area contributed by atoms with E-state index in [0.29, 0.717) is 10.6 Å². The van der Waals surface area contributed by atoms with Crippen LogP contribution in [-0.4, -0.2) is 35.9 Å². The minimum atomic E-state index is -0.477. The molecule has 0 aliphatic heterocycles. The Morgan fingerprint density at radius 1 is 0.879 bits per heavy atom. The van der Waals surface area contributed by atoms with Gasteiger partial charge in [-0.05, 0) is 38.5 Å². The zero-order valence-electron chi connectivity index (χ0n) is 18.8. The molecule has 8 heteroatoms. The fourth-order valence-corrected chi connectivity index (χ4v) is 4.63. The number of amides is 2. The highest BCUT2D eigenvalue weighted by molar-refractivity contribution is 8.00. The van der Waals surface area contributed by atoms with Crippen LogP contribution < -0.4 is 10.6 Å². The fraction of sp³-hybridized carbons (Fsp3) is 0.240. The van der Waals surface area contributed by atoms with Crippen molar-refractivity contribution in [1.82, 2.24) is 0 Å². The summed E-state index contributed by atoms with van der Waals surface area (Å²) >= 11 is 2.48. The van der Waals surface area contributed by atoms with Gasteiger partial charge in [0.25, 0.3) is 0 Å². The summed E-state index contributed by atoms with van der Waals surface area (Å²) in [4.78, 5) is 37.3. The van der Waals surface area contributed by atoms with Crippen molar-refractivity contribution in [2.24, 2.45) is 0 Å². The van der Waals surface area contributed by atoms with Crippen LogP contribution >= 0.6 is 23.1 Å². The van der Waals surface area contributed by atoms with E-state index in [-0.39, 0.29) is 29.9 Å². The molecule has 0 fully saturated rings. The number of thioether (sulfide) groups is 1. The van der Waals surface area contributed by atoms with Gasteiger partial charge in [0.2, 0.25) is 11.8 Å². The molecule has 1 aromatic heterocycles. The van der Waals surface area contributed by atoms with Crippen LogP contribution in [0.15, 0.2) is 53.9 Å². The molecular formula is C25H26N2O4S2. The topological polar surface area (TPSA) is 84.5 Å². The lowest BCUT2D eigenvalue weighted by Crippen LogP contribution is -2.19. The molecule has 6 nitrogen and oxygen atoms in total. The summed E-state index contributed by atoms with van der Waals surface area (Å²) in [6, 6.07) is 15.3. The van der Waals surface area contributed by atoms with Crippen molar-refractivity contribution in [1.29, 1.82) is 0 Å². The van der Waals surface area contributed by atoms with E-state index in [2.05, 4.69) is 10.6 Å². The number of esters is 1. The first kappa shape index (κ1) is 24.5. The Morgan fingerprint density at radius 2 is 1.45 bits per heavy atom. The summed E-state index contributed by atoms with van der Waals surface area (Å²) in [6.45, 7) is 5.95. The van der Waals surface area contributed by atoms with E-state index >= 15 is 0 Å². The van der Waals surface area contributed by atoms with E-state index in [9.17, 15) is 14.4 Å². The minimum Gasteiger partial charge on any atom is -0.462 e. The first-order valence-corrected chi connectivity index (χ1v) is 12.5. The Balaban J connectivity index is 1.61. The average Bonchev–Trinajstić information content (AvgIpc) is 3.19. The van der Waals surface area contributed by atoms with Crippen LogP contribution in [0.4, 0.5) is 10.7 Å². The molecule has 33 heavy (non-hydrogen) atoms. The molecule has 1 heterocycles. The third-order valence-electron chi connectivity index (χ3n) is 4.69. The summed E-state index contributed by atoms with van der Waals surface area (Å²) in [5.41, 5.74) is 4.89. The molecule has 2 aromatic carbocycles. The Labute approximate surface area is 201 Å². The molecule has 2 N–H and O–H groups in total. The van der Waals surface area contributed by atoms with E-state index in [1.165, 1.54) is 23.1 Å². The number of aryl methyl sites for hydroxylation is 2. The van der Waals surface area contributed by atoms with Crippen molar-refractivity contribution in [3.8, 4) is 11.1 Å². The molecule has 172 valence electrons. The summed E-state index contributed by atoms with van der Waals surface area (Å²) in [6.07, 6.45) is 0. The molecule has 0 saturated carbocycles. The number of nitrogens with one attached hydrogen (secondary N) is 2. The van der Waals surface area contributed by atoms with E-state index in [0.717, 1.165) is 27.9 Å². The van der Waals surface area contributed by atoms with E-state index in [4.69, 9.17) is 4.74 Å². The van der Waals surface area contributed by atoms with Crippen LogP contribution in [0, 0.1) is 13.8 Å². The molecule has 0 radical (unpaired) electrons. The van der Waals surface area contributed by atoms with Gasteiger partial charge < -0.3 is 15.4 Å². The number of anilines is 2. The number of carbonyl (C=O) groups is 3. The van der Waals surface area contributed by atoms with Crippen LogP contribution in [0.5, 0.6) is 0 Å². The number of benzene rings is 2. The highest BCUT2D eigenvalue weighted by atomic mass is 32.2. The molecule has 0 aliphatic rings. The fourth-order valence-electron chi connectivity index (χ4n) is 3.03. The standard InChI is InChI=1S/C25H26N2O4S2/c1-4-31-25(30)23-20(18-9-5-16(2)6-10-18)13-33-24(23)27-22(29)15-32-14-21(28)26-19-11-7-17(3)8-12-19/h5-13H,4,14-15H2,1-3H3,(H,26,28)(H,27,29). The highest BCUT2D eigenvalue weighted by Gasteiger charge is 2.22.